The van der Waals surface area contributed by atoms with Gasteiger partial charge in [-0.15, -0.1) is 0 Å². The SMILES string of the molecule is CC(C)(C)OC(=O)N[C@H]1CCCCC/C=C\[C@H]2C[C@@]2(C(=O)NS(=O)(=O)c2ccc(C(=O)O)cc2)NC(=O)C2C[C@@H](OC(=O)N3Cc4cccc(F)c4C3)CN2C1=O. The maximum Gasteiger partial charge on any atom is 0.410 e. The Labute approximate surface area is 329 Å². The maximum atomic E-state index is 14.5. The fraction of sp³-hybridized carbons (Fsp3) is 0.487. The van der Waals surface area contributed by atoms with Gasteiger partial charge in [0.2, 0.25) is 11.8 Å². The number of carbonyl (C=O) groups is 6. The van der Waals surface area contributed by atoms with Crippen LogP contribution in [-0.4, -0.2) is 95.1 Å². The fourth-order valence-electron chi connectivity index (χ4n) is 7.39. The Balaban J connectivity index is 1.26. The van der Waals surface area contributed by atoms with Crippen LogP contribution >= 0.6 is 0 Å². The van der Waals surface area contributed by atoms with Crippen LogP contribution in [0.2, 0.25) is 0 Å². The van der Waals surface area contributed by atoms with Crippen molar-refractivity contribution < 1.29 is 56.2 Å². The highest BCUT2D eigenvalue weighted by molar-refractivity contribution is 7.90. The predicted octanol–water partition coefficient (Wildman–Crippen LogP) is 3.74. The van der Waals surface area contributed by atoms with E-state index in [0.717, 1.165) is 24.3 Å². The van der Waals surface area contributed by atoms with E-state index in [-0.39, 0.29) is 49.4 Å². The van der Waals surface area contributed by atoms with Crippen molar-refractivity contribution in [1.29, 1.82) is 0 Å². The zero-order valence-electron chi connectivity index (χ0n) is 31.8. The standard InChI is InChI=1S/C39H46FN5O11S/c1-38(2,3)56-36(51)41-30-13-8-6-4-5-7-11-25-19-39(25,35(50)43-57(53,54)27-16-14-23(15-17-27)34(48)49)42-32(46)31-18-26(21-45(31)33(30)47)55-37(52)44-20-24-10-9-12-29(40)28(24)22-44/h7,9-12,14-17,25-26,30-31H,4-6,8,13,18-22H2,1-3H3,(H,41,51)(H,42,46)(H,43,50)(H,48,49)/b11-7-/t25-,26+,30-,31?,39+/m0/s1. The molecule has 1 unspecified atom stereocenters. The maximum absolute atomic E-state index is 14.5. The van der Waals surface area contributed by atoms with E-state index in [1.54, 1.807) is 39.0 Å². The Hall–Kier alpha value is -5.52. The minimum Gasteiger partial charge on any atom is -0.478 e. The molecule has 5 atom stereocenters. The molecule has 1 saturated heterocycles. The van der Waals surface area contributed by atoms with E-state index in [4.69, 9.17) is 9.47 Å². The zero-order valence-corrected chi connectivity index (χ0v) is 32.6. The first-order chi connectivity index (χ1) is 26.9. The first kappa shape index (κ1) is 41.1. The normalized spacial score (nSPS) is 25.7. The smallest absolute Gasteiger partial charge is 0.410 e. The van der Waals surface area contributed by atoms with Gasteiger partial charge in [0, 0.05) is 24.4 Å². The number of ether oxygens (including phenoxy) is 2. The summed E-state index contributed by atoms with van der Waals surface area (Å²) >= 11 is 0. The van der Waals surface area contributed by atoms with Gasteiger partial charge in [0.1, 0.15) is 35.1 Å². The molecule has 6 rings (SSSR count). The van der Waals surface area contributed by atoms with Crippen LogP contribution in [0, 0.1) is 11.7 Å². The summed E-state index contributed by atoms with van der Waals surface area (Å²) in [4.78, 5) is 82.4. The first-order valence-corrected chi connectivity index (χ1v) is 20.3. The van der Waals surface area contributed by atoms with Gasteiger partial charge in [-0.3, -0.25) is 19.3 Å². The average Bonchev–Trinajstić information content (AvgIpc) is 3.42. The quantitative estimate of drug-likeness (QED) is 0.308. The zero-order chi connectivity index (χ0) is 41.3. The highest BCUT2D eigenvalue weighted by atomic mass is 32.2. The number of benzene rings is 2. The van der Waals surface area contributed by atoms with Crippen molar-refractivity contribution in [3.63, 3.8) is 0 Å². The summed E-state index contributed by atoms with van der Waals surface area (Å²) in [7, 11) is -4.53. The van der Waals surface area contributed by atoms with Crippen LogP contribution in [0.3, 0.4) is 0 Å². The number of sulfonamides is 1. The number of rotatable bonds is 6. The fourth-order valence-corrected chi connectivity index (χ4v) is 8.43. The summed E-state index contributed by atoms with van der Waals surface area (Å²) in [6.07, 6.45) is 3.41. The van der Waals surface area contributed by atoms with Crippen molar-refractivity contribution in [1.82, 2.24) is 25.2 Å². The molecule has 1 saturated carbocycles. The molecule has 2 aromatic carbocycles. The van der Waals surface area contributed by atoms with Crippen LogP contribution in [0.4, 0.5) is 14.0 Å². The molecule has 0 aromatic heterocycles. The molecule has 0 bridgehead atoms. The number of carboxylic acid groups (broad SMARTS) is 1. The highest BCUT2D eigenvalue weighted by Gasteiger charge is 2.62. The van der Waals surface area contributed by atoms with Crippen molar-refractivity contribution in [2.75, 3.05) is 6.54 Å². The summed E-state index contributed by atoms with van der Waals surface area (Å²) in [5, 5.41) is 14.6. The van der Waals surface area contributed by atoms with Crippen LogP contribution in [0.15, 0.2) is 59.5 Å². The third kappa shape index (κ3) is 9.38. The molecule has 4 aliphatic rings. The minimum absolute atomic E-state index is 0.0303. The molecule has 0 spiro atoms. The number of carbonyl (C=O) groups excluding carboxylic acids is 5. The second-order valence-corrected chi connectivity index (χ2v) is 17.5. The summed E-state index contributed by atoms with van der Waals surface area (Å²) in [6, 6.07) is 6.31. The third-order valence-corrected chi connectivity index (χ3v) is 11.8. The highest BCUT2D eigenvalue weighted by Crippen LogP contribution is 2.46. The Kier molecular flexibility index (Phi) is 11.7. The molecular weight excluding hydrogens is 766 g/mol. The van der Waals surface area contributed by atoms with E-state index < -0.39 is 87.0 Å². The molecule has 1 aliphatic carbocycles. The van der Waals surface area contributed by atoms with E-state index >= 15 is 0 Å². The largest absolute Gasteiger partial charge is 0.478 e. The number of allylic oxidation sites excluding steroid dienone is 1. The van der Waals surface area contributed by atoms with Crippen LogP contribution < -0.4 is 15.4 Å². The molecule has 3 heterocycles. The number of alkyl carbamates (subject to hydrolysis) is 1. The van der Waals surface area contributed by atoms with Gasteiger partial charge >= 0.3 is 18.2 Å². The summed E-state index contributed by atoms with van der Waals surface area (Å²) in [5.41, 5.74) is -1.81. The van der Waals surface area contributed by atoms with Gasteiger partial charge in [0.15, 0.2) is 0 Å². The van der Waals surface area contributed by atoms with Crippen molar-refractivity contribution in [2.45, 2.75) is 113 Å². The van der Waals surface area contributed by atoms with Gasteiger partial charge in [-0.1, -0.05) is 37.1 Å². The lowest BCUT2D eigenvalue weighted by molar-refractivity contribution is -0.141. The second-order valence-electron chi connectivity index (χ2n) is 15.8. The number of amides is 5. The van der Waals surface area contributed by atoms with Crippen LogP contribution in [-0.2, 0) is 47.0 Å². The van der Waals surface area contributed by atoms with Crippen molar-refractivity contribution >= 4 is 45.9 Å². The molecule has 57 heavy (non-hydrogen) atoms. The molecule has 0 radical (unpaired) electrons. The second kappa shape index (κ2) is 16.1. The molecule has 18 heteroatoms. The van der Waals surface area contributed by atoms with Gasteiger partial charge in [-0.2, -0.15) is 0 Å². The monoisotopic (exact) mass is 811 g/mol. The minimum atomic E-state index is -4.53. The Morgan fingerprint density at radius 1 is 1.02 bits per heavy atom. The molecule has 2 fully saturated rings. The molecule has 306 valence electrons. The molecule has 4 N–H and O–H groups in total. The number of nitrogens with zero attached hydrogens (tertiary/aromatic N) is 2. The summed E-state index contributed by atoms with van der Waals surface area (Å²) in [5.74, 6) is -4.86. The van der Waals surface area contributed by atoms with E-state index in [1.165, 1.54) is 15.9 Å². The molecule has 5 amide bonds. The van der Waals surface area contributed by atoms with E-state index in [2.05, 4.69) is 10.6 Å². The first-order valence-electron chi connectivity index (χ1n) is 18.8. The number of halogens is 1. The third-order valence-electron chi connectivity index (χ3n) is 10.4. The number of carboxylic acids is 1. The van der Waals surface area contributed by atoms with Crippen molar-refractivity contribution in [2.24, 2.45) is 5.92 Å². The van der Waals surface area contributed by atoms with Gasteiger partial charge in [0.05, 0.1) is 23.5 Å². The number of fused-ring (bicyclic) bond motifs is 3. The van der Waals surface area contributed by atoms with Crippen LogP contribution in [0.1, 0.15) is 87.2 Å². The average molecular weight is 812 g/mol. The molecular formula is C39H46FN5O11S. The van der Waals surface area contributed by atoms with Crippen LogP contribution in [0.25, 0.3) is 0 Å². The topological polar surface area (TPSA) is 218 Å². The lowest BCUT2D eigenvalue weighted by Gasteiger charge is -2.30. The van der Waals surface area contributed by atoms with E-state index in [1.807, 2.05) is 10.8 Å². The molecule has 3 aliphatic heterocycles. The lowest BCUT2D eigenvalue weighted by Crippen LogP contribution is -2.58. The van der Waals surface area contributed by atoms with Crippen molar-refractivity contribution in [3.8, 4) is 0 Å². The van der Waals surface area contributed by atoms with E-state index in [0.29, 0.717) is 36.8 Å². The summed E-state index contributed by atoms with van der Waals surface area (Å²) in [6.45, 7) is 4.80. The molecule has 16 nitrogen and oxygen atoms in total. The summed E-state index contributed by atoms with van der Waals surface area (Å²) < 4.78 is 54.3. The Bertz CT molecular complexity index is 2090. The number of nitrogens with one attached hydrogen (secondary N) is 3. The van der Waals surface area contributed by atoms with Gasteiger partial charge in [0.25, 0.3) is 15.9 Å². The van der Waals surface area contributed by atoms with E-state index in [9.17, 15) is 46.7 Å². The van der Waals surface area contributed by atoms with Gasteiger partial charge < -0.3 is 30.1 Å². The molecule has 2 aromatic rings. The Morgan fingerprint density at radius 3 is 2.44 bits per heavy atom. The van der Waals surface area contributed by atoms with Crippen molar-refractivity contribution in [3.05, 3.63) is 77.1 Å². The number of hydrogen-bond acceptors (Lipinski definition) is 10. The number of aromatic carboxylic acids is 1. The lowest BCUT2D eigenvalue weighted by atomic mass is 10.0. The van der Waals surface area contributed by atoms with Crippen LogP contribution in [0.5, 0.6) is 0 Å². The number of hydrogen-bond donors (Lipinski definition) is 4. The predicted molar refractivity (Wildman–Crippen MR) is 199 cm³/mol. The van der Waals surface area contributed by atoms with Gasteiger partial charge in [-0.25, -0.2) is 31.9 Å². The Morgan fingerprint density at radius 2 is 1.75 bits per heavy atom. The van der Waals surface area contributed by atoms with Gasteiger partial charge in [-0.05, 0) is 82.3 Å².